The van der Waals surface area contributed by atoms with Crippen molar-refractivity contribution in [2.45, 2.75) is 6.54 Å². The summed E-state index contributed by atoms with van der Waals surface area (Å²) >= 11 is 0. The summed E-state index contributed by atoms with van der Waals surface area (Å²) in [6.07, 6.45) is 0. The zero-order valence-corrected chi connectivity index (χ0v) is 23.9. The van der Waals surface area contributed by atoms with Crippen molar-refractivity contribution in [3.8, 4) is 11.5 Å². The first kappa shape index (κ1) is 28.7. The molecule has 10 heteroatoms. The van der Waals surface area contributed by atoms with Crippen molar-refractivity contribution in [2.75, 3.05) is 49.7 Å². The first-order valence-corrected chi connectivity index (χ1v) is 14.4. The average molecular weight is 595 g/mol. The third kappa shape index (κ3) is 6.64. The SMILES string of the molecule is O=C(CN(Cc1ccccc1)C(=O)c1ccc2c(c1)OCO2)Nc1ccc(N2CCN(C(=O)c3cccc(F)c3)CC2)cc1. The van der Waals surface area contributed by atoms with E-state index in [0.29, 0.717) is 54.5 Å². The molecule has 2 aliphatic heterocycles. The fourth-order valence-corrected chi connectivity index (χ4v) is 5.32. The van der Waals surface area contributed by atoms with E-state index in [9.17, 15) is 18.8 Å². The minimum absolute atomic E-state index is 0.106. The summed E-state index contributed by atoms with van der Waals surface area (Å²) in [7, 11) is 0. The number of rotatable bonds is 8. The molecule has 2 aliphatic rings. The van der Waals surface area contributed by atoms with Gasteiger partial charge in [-0.1, -0.05) is 36.4 Å². The first-order chi connectivity index (χ1) is 21.4. The zero-order valence-electron chi connectivity index (χ0n) is 23.9. The molecule has 9 nitrogen and oxygen atoms in total. The Bertz CT molecular complexity index is 1660. The fraction of sp³-hybridized carbons (Fsp3) is 0.206. The number of fused-ring (bicyclic) bond motifs is 1. The summed E-state index contributed by atoms with van der Waals surface area (Å²) < 4.78 is 24.3. The van der Waals surface area contributed by atoms with Gasteiger partial charge in [-0.25, -0.2) is 4.39 Å². The van der Waals surface area contributed by atoms with Crippen molar-refractivity contribution in [3.05, 3.63) is 120 Å². The lowest BCUT2D eigenvalue weighted by Crippen LogP contribution is -2.48. The molecule has 0 bridgehead atoms. The maximum Gasteiger partial charge on any atom is 0.254 e. The van der Waals surface area contributed by atoms with Crippen molar-refractivity contribution < 1.29 is 28.2 Å². The van der Waals surface area contributed by atoms with Gasteiger partial charge in [-0.2, -0.15) is 0 Å². The summed E-state index contributed by atoms with van der Waals surface area (Å²) in [5.41, 5.74) is 3.22. The molecule has 4 aromatic rings. The maximum atomic E-state index is 13.6. The molecular formula is C34H31FN4O5. The number of hydrogen-bond acceptors (Lipinski definition) is 6. The van der Waals surface area contributed by atoms with Crippen LogP contribution in [0.2, 0.25) is 0 Å². The number of amides is 3. The highest BCUT2D eigenvalue weighted by atomic mass is 19.1. The van der Waals surface area contributed by atoms with Gasteiger partial charge in [0.25, 0.3) is 11.8 Å². The fourth-order valence-electron chi connectivity index (χ4n) is 5.32. The van der Waals surface area contributed by atoms with Gasteiger partial charge in [0.05, 0.1) is 0 Å². The Morgan fingerprint density at radius 2 is 1.52 bits per heavy atom. The molecule has 6 rings (SSSR count). The Balaban J connectivity index is 1.07. The number of halogens is 1. The van der Waals surface area contributed by atoms with Gasteiger partial charge in [0.2, 0.25) is 12.7 Å². The number of nitrogens with zero attached hydrogens (tertiary/aromatic N) is 3. The molecule has 2 heterocycles. The van der Waals surface area contributed by atoms with E-state index in [1.807, 2.05) is 54.6 Å². The van der Waals surface area contributed by atoms with Gasteiger partial charge in [0, 0.05) is 55.2 Å². The highest BCUT2D eigenvalue weighted by molar-refractivity contribution is 6.00. The van der Waals surface area contributed by atoms with Crippen LogP contribution >= 0.6 is 0 Å². The van der Waals surface area contributed by atoms with Crippen LogP contribution < -0.4 is 19.7 Å². The Labute approximate surface area is 254 Å². The first-order valence-electron chi connectivity index (χ1n) is 14.4. The second kappa shape index (κ2) is 12.9. The van der Waals surface area contributed by atoms with Gasteiger partial charge in [0.15, 0.2) is 11.5 Å². The second-order valence-electron chi connectivity index (χ2n) is 10.6. The number of nitrogens with one attached hydrogen (secondary N) is 1. The Kier molecular flexibility index (Phi) is 8.40. The Hall–Kier alpha value is -5.38. The van der Waals surface area contributed by atoms with E-state index in [-0.39, 0.29) is 37.6 Å². The smallest absolute Gasteiger partial charge is 0.254 e. The van der Waals surface area contributed by atoms with Crippen LogP contribution in [0, 0.1) is 5.82 Å². The quantitative estimate of drug-likeness (QED) is 0.315. The average Bonchev–Trinajstić information content (AvgIpc) is 3.53. The van der Waals surface area contributed by atoms with E-state index in [1.165, 1.54) is 23.1 Å². The van der Waals surface area contributed by atoms with Crippen LogP contribution in [-0.2, 0) is 11.3 Å². The largest absolute Gasteiger partial charge is 0.454 e. The van der Waals surface area contributed by atoms with E-state index < -0.39 is 5.82 Å². The monoisotopic (exact) mass is 594 g/mol. The van der Waals surface area contributed by atoms with Crippen LogP contribution in [0.4, 0.5) is 15.8 Å². The maximum absolute atomic E-state index is 13.6. The second-order valence-corrected chi connectivity index (χ2v) is 10.6. The lowest BCUT2D eigenvalue weighted by Gasteiger charge is -2.36. The van der Waals surface area contributed by atoms with Crippen LogP contribution in [-0.4, -0.2) is 67.0 Å². The van der Waals surface area contributed by atoms with Crippen LogP contribution in [0.5, 0.6) is 11.5 Å². The number of benzene rings is 4. The summed E-state index contributed by atoms with van der Waals surface area (Å²) in [4.78, 5) is 44.8. The minimum Gasteiger partial charge on any atom is -0.454 e. The van der Waals surface area contributed by atoms with Crippen LogP contribution in [0.15, 0.2) is 97.1 Å². The number of carbonyl (C=O) groups excluding carboxylic acids is 3. The lowest BCUT2D eigenvalue weighted by molar-refractivity contribution is -0.117. The van der Waals surface area contributed by atoms with Crippen molar-refractivity contribution in [1.29, 1.82) is 0 Å². The number of carbonyl (C=O) groups is 3. The molecular weight excluding hydrogens is 563 g/mol. The standard InChI is InChI=1S/C34H31FN4O5/c35-27-8-4-7-25(19-27)33(41)38-17-15-37(16-18-38)29-12-10-28(11-13-29)36-32(40)22-39(21-24-5-2-1-3-6-24)34(42)26-9-14-30-31(20-26)44-23-43-30/h1-14,19-20H,15-18,21-23H2,(H,36,40). The van der Waals surface area contributed by atoms with Crippen LogP contribution in [0.1, 0.15) is 26.3 Å². The van der Waals surface area contributed by atoms with Crippen molar-refractivity contribution in [1.82, 2.24) is 9.80 Å². The third-order valence-corrected chi connectivity index (χ3v) is 7.61. The van der Waals surface area contributed by atoms with Gasteiger partial charge >= 0.3 is 0 Å². The molecule has 1 saturated heterocycles. The van der Waals surface area contributed by atoms with Crippen molar-refractivity contribution in [2.24, 2.45) is 0 Å². The van der Waals surface area contributed by atoms with Crippen LogP contribution in [0.3, 0.4) is 0 Å². The topological polar surface area (TPSA) is 91.4 Å². The summed E-state index contributed by atoms with van der Waals surface area (Å²) in [5.74, 6) is -0.154. The van der Waals surface area contributed by atoms with Gasteiger partial charge < -0.3 is 29.5 Å². The molecule has 224 valence electrons. The molecule has 3 amide bonds. The summed E-state index contributed by atoms with van der Waals surface area (Å²) in [6, 6.07) is 27.7. The molecule has 0 spiro atoms. The van der Waals surface area contributed by atoms with E-state index in [1.54, 1.807) is 29.2 Å². The lowest BCUT2D eigenvalue weighted by atomic mass is 10.1. The third-order valence-electron chi connectivity index (χ3n) is 7.61. The molecule has 0 unspecified atom stereocenters. The van der Waals surface area contributed by atoms with Gasteiger partial charge in [-0.05, 0) is 66.2 Å². The van der Waals surface area contributed by atoms with E-state index in [2.05, 4.69) is 10.2 Å². The van der Waals surface area contributed by atoms with E-state index >= 15 is 0 Å². The van der Waals surface area contributed by atoms with Crippen molar-refractivity contribution >= 4 is 29.1 Å². The van der Waals surface area contributed by atoms with Crippen LogP contribution in [0.25, 0.3) is 0 Å². The van der Waals surface area contributed by atoms with E-state index in [0.717, 1.165) is 11.3 Å². The number of piperazine rings is 1. The van der Waals surface area contributed by atoms with Crippen molar-refractivity contribution in [3.63, 3.8) is 0 Å². The van der Waals surface area contributed by atoms with E-state index in [4.69, 9.17) is 9.47 Å². The molecule has 4 aromatic carbocycles. The molecule has 44 heavy (non-hydrogen) atoms. The predicted octanol–water partition coefficient (Wildman–Crippen LogP) is 4.80. The summed E-state index contributed by atoms with van der Waals surface area (Å²) in [5, 5.41) is 2.90. The molecule has 0 atom stereocenters. The number of ether oxygens (including phenoxy) is 2. The highest BCUT2D eigenvalue weighted by Gasteiger charge is 2.24. The molecule has 1 N–H and O–H groups in total. The minimum atomic E-state index is -0.429. The molecule has 0 saturated carbocycles. The number of anilines is 2. The van der Waals surface area contributed by atoms with Gasteiger partial charge in [-0.3, -0.25) is 14.4 Å². The molecule has 0 radical (unpaired) electrons. The van der Waals surface area contributed by atoms with Gasteiger partial charge in [0.1, 0.15) is 12.4 Å². The predicted molar refractivity (Wildman–Crippen MR) is 163 cm³/mol. The molecule has 0 aromatic heterocycles. The Morgan fingerprint density at radius 1 is 0.773 bits per heavy atom. The summed E-state index contributed by atoms with van der Waals surface area (Å²) in [6.45, 7) is 2.51. The highest BCUT2D eigenvalue weighted by Crippen LogP contribution is 2.33. The molecule has 1 fully saturated rings. The normalized spacial score (nSPS) is 13.8. The van der Waals surface area contributed by atoms with Gasteiger partial charge in [-0.15, -0.1) is 0 Å². The number of hydrogen-bond donors (Lipinski definition) is 1. The molecule has 0 aliphatic carbocycles. The Morgan fingerprint density at radius 3 is 2.27 bits per heavy atom. The zero-order chi connectivity index (χ0) is 30.5.